The smallest absolute Gasteiger partial charge is 0.0551 e. The van der Waals surface area contributed by atoms with Crippen molar-refractivity contribution in [2.45, 2.75) is 13.8 Å². The normalized spacial score (nSPS) is 10.4. The SMILES string of the molecule is Brc1ccc(-c2ccc(Br)cc2N(c2ccccc2)c2ccccc2)cc1.Cc1ccc(-c2ccc(C)cc2N(c2ccccc2)c2ccccc2)cc1.[Zn]. The summed E-state index contributed by atoms with van der Waals surface area (Å²) >= 11 is 7.19. The maximum absolute atomic E-state index is 3.66. The quantitative estimate of drug-likeness (QED) is 0.140. The number of para-hydroxylation sites is 4. The Bertz CT molecular complexity index is 2150. The fourth-order valence-corrected chi connectivity index (χ4v) is 7.14. The summed E-state index contributed by atoms with van der Waals surface area (Å²) in [6.07, 6.45) is 0. The molecule has 0 atom stereocenters. The molecule has 0 N–H and O–H groups in total. The van der Waals surface area contributed by atoms with E-state index >= 15 is 0 Å². The molecule has 0 fully saturated rings. The third-order valence-electron chi connectivity index (χ3n) is 9.17. The number of hydrogen-bond acceptors (Lipinski definition) is 2. The first-order chi connectivity index (χ1) is 26.4. The van der Waals surface area contributed by atoms with Gasteiger partial charge in [0.1, 0.15) is 0 Å². The number of halogens is 2. The molecule has 0 aliphatic heterocycles. The summed E-state index contributed by atoms with van der Waals surface area (Å²) in [7, 11) is 0. The molecule has 8 rings (SSSR count). The number of rotatable bonds is 8. The Hall–Kier alpha value is -5.06. The van der Waals surface area contributed by atoms with E-state index in [4.69, 9.17) is 0 Å². The molecule has 0 aliphatic rings. The van der Waals surface area contributed by atoms with E-state index in [-0.39, 0.29) is 19.5 Å². The molecular formula is C50H40Br2N2Zn. The first-order valence-corrected chi connectivity index (χ1v) is 19.6. The van der Waals surface area contributed by atoms with Crippen LogP contribution in [0.25, 0.3) is 22.3 Å². The Balaban J connectivity index is 0.000000184. The average molecular weight is 894 g/mol. The molecule has 0 spiro atoms. The van der Waals surface area contributed by atoms with Crippen LogP contribution >= 0.6 is 31.9 Å². The second-order valence-electron chi connectivity index (χ2n) is 13.1. The number of nitrogens with zero attached hydrogens (tertiary/aromatic N) is 2. The molecule has 0 aromatic heterocycles. The van der Waals surface area contributed by atoms with Gasteiger partial charge in [0, 0.05) is 62.3 Å². The fraction of sp³-hybridized carbons (Fsp3) is 0.0400. The minimum Gasteiger partial charge on any atom is -0.310 e. The zero-order valence-corrected chi connectivity index (χ0v) is 37.1. The van der Waals surface area contributed by atoms with E-state index in [9.17, 15) is 0 Å². The first-order valence-electron chi connectivity index (χ1n) is 18.0. The summed E-state index contributed by atoms with van der Waals surface area (Å²) in [6, 6.07) is 72.4. The number of hydrogen-bond donors (Lipinski definition) is 0. The molecule has 55 heavy (non-hydrogen) atoms. The Morgan fingerprint density at radius 2 is 0.655 bits per heavy atom. The second kappa shape index (κ2) is 19.0. The van der Waals surface area contributed by atoms with E-state index in [0.717, 1.165) is 37.4 Å². The number of anilines is 6. The van der Waals surface area contributed by atoms with Gasteiger partial charge < -0.3 is 9.80 Å². The maximum atomic E-state index is 3.66. The van der Waals surface area contributed by atoms with Gasteiger partial charge in [-0.05, 0) is 109 Å². The Morgan fingerprint density at radius 1 is 0.327 bits per heavy atom. The van der Waals surface area contributed by atoms with E-state index in [2.05, 4.69) is 250 Å². The zero-order chi connectivity index (χ0) is 37.3. The molecule has 0 amide bonds. The van der Waals surface area contributed by atoms with E-state index in [1.165, 1.54) is 39.1 Å². The predicted octanol–water partition coefficient (Wildman–Crippen LogP) is 15.8. The molecular weight excluding hydrogens is 854 g/mol. The standard InChI is InChI=1S/C26H23N.C24H17Br2N.Zn/c1-20-13-16-22(17-14-20)25-18-15-21(2)19-26(25)27(23-9-5-3-6-10-23)24-11-7-4-8-12-24;25-19-13-11-18(12-14-19)23-16-15-20(26)17-24(23)27(21-7-3-1-4-8-21)22-9-5-2-6-10-22;/h3-19H,1-2H3;1-17H;. The summed E-state index contributed by atoms with van der Waals surface area (Å²) in [5.74, 6) is 0. The van der Waals surface area contributed by atoms with Gasteiger partial charge in [-0.2, -0.15) is 0 Å². The molecule has 0 radical (unpaired) electrons. The van der Waals surface area contributed by atoms with Crippen LogP contribution in [0.1, 0.15) is 11.1 Å². The van der Waals surface area contributed by atoms with Crippen LogP contribution in [0.15, 0.2) is 215 Å². The fourth-order valence-electron chi connectivity index (χ4n) is 6.53. The van der Waals surface area contributed by atoms with Crippen molar-refractivity contribution in [1.82, 2.24) is 0 Å². The van der Waals surface area contributed by atoms with Crippen LogP contribution in [0.2, 0.25) is 0 Å². The molecule has 5 heteroatoms. The molecule has 0 bridgehead atoms. The van der Waals surface area contributed by atoms with Crippen molar-refractivity contribution in [3.63, 3.8) is 0 Å². The van der Waals surface area contributed by atoms with Crippen LogP contribution in [-0.2, 0) is 19.5 Å². The van der Waals surface area contributed by atoms with E-state index < -0.39 is 0 Å². The van der Waals surface area contributed by atoms with Gasteiger partial charge in [-0.1, -0.05) is 165 Å². The summed E-state index contributed by atoms with van der Waals surface area (Å²) < 4.78 is 2.13. The monoisotopic (exact) mass is 890 g/mol. The summed E-state index contributed by atoms with van der Waals surface area (Å²) in [4.78, 5) is 4.63. The van der Waals surface area contributed by atoms with Gasteiger partial charge in [-0.3, -0.25) is 0 Å². The maximum Gasteiger partial charge on any atom is 0.0551 e. The van der Waals surface area contributed by atoms with Gasteiger partial charge in [0.05, 0.1) is 11.4 Å². The van der Waals surface area contributed by atoms with Crippen LogP contribution < -0.4 is 9.80 Å². The summed E-state index contributed by atoms with van der Waals surface area (Å²) in [6.45, 7) is 4.27. The van der Waals surface area contributed by atoms with Crippen LogP contribution in [0.5, 0.6) is 0 Å². The van der Waals surface area contributed by atoms with Crippen molar-refractivity contribution in [1.29, 1.82) is 0 Å². The van der Waals surface area contributed by atoms with Crippen molar-refractivity contribution in [3.8, 4) is 22.3 Å². The molecule has 0 unspecified atom stereocenters. The van der Waals surface area contributed by atoms with Gasteiger partial charge in [-0.15, -0.1) is 0 Å². The third-order valence-corrected chi connectivity index (χ3v) is 10.2. The van der Waals surface area contributed by atoms with Crippen LogP contribution in [0, 0.1) is 13.8 Å². The number of benzene rings is 8. The second-order valence-corrected chi connectivity index (χ2v) is 14.9. The summed E-state index contributed by atoms with van der Waals surface area (Å²) in [5.41, 5.74) is 14.2. The van der Waals surface area contributed by atoms with E-state index in [1.54, 1.807) is 0 Å². The molecule has 266 valence electrons. The molecule has 0 saturated heterocycles. The molecule has 8 aromatic rings. The Morgan fingerprint density at radius 3 is 1.07 bits per heavy atom. The van der Waals surface area contributed by atoms with E-state index in [1.807, 2.05) is 12.1 Å². The third kappa shape index (κ3) is 9.79. The molecule has 0 aliphatic carbocycles. The minimum atomic E-state index is 0. The predicted molar refractivity (Wildman–Crippen MR) is 238 cm³/mol. The van der Waals surface area contributed by atoms with Crippen molar-refractivity contribution in [3.05, 3.63) is 226 Å². The van der Waals surface area contributed by atoms with Gasteiger partial charge in [0.25, 0.3) is 0 Å². The van der Waals surface area contributed by atoms with Crippen LogP contribution in [0.4, 0.5) is 34.1 Å². The van der Waals surface area contributed by atoms with Crippen LogP contribution in [-0.4, -0.2) is 0 Å². The van der Waals surface area contributed by atoms with Crippen molar-refractivity contribution >= 4 is 66.0 Å². The molecule has 0 heterocycles. The number of aryl methyl sites for hydroxylation is 2. The minimum absolute atomic E-state index is 0. The van der Waals surface area contributed by atoms with Crippen molar-refractivity contribution in [2.24, 2.45) is 0 Å². The Kier molecular flexibility index (Phi) is 13.7. The zero-order valence-electron chi connectivity index (χ0n) is 31.0. The van der Waals surface area contributed by atoms with Gasteiger partial charge in [0.15, 0.2) is 0 Å². The average Bonchev–Trinajstić information content (AvgIpc) is 3.21. The van der Waals surface area contributed by atoms with Crippen molar-refractivity contribution in [2.75, 3.05) is 9.80 Å². The summed E-state index contributed by atoms with van der Waals surface area (Å²) in [5, 5.41) is 0. The van der Waals surface area contributed by atoms with Gasteiger partial charge in [0.2, 0.25) is 0 Å². The van der Waals surface area contributed by atoms with E-state index in [0.29, 0.717) is 0 Å². The largest absolute Gasteiger partial charge is 0.310 e. The Labute approximate surface area is 355 Å². The van der Waals surface area contributed by atoms with Crippen molar-refractivity contribution < 1.29 is 19.5 Å². The molecule has 2 nitrogen and oxygen atoms in total. The topological polar surface area (TPSA) is 6.48 Å². The first kappa shape index (κ1) is 39.6. The molecule has 0 saturated carbocycles. The van der Waals surface area contributed by atoms with Crippen LogP contribution in [0.3, 0.4) is 0 Å². The molecule has 8 aromatic carbocycles. The van der Waals surface area contributed by atoms with Gasteiger partial charge >= 0.3 is 0 Å². The van der Waals surface area contributed by atoms with Gasteiger partial charge in [-0.25, -0.2) is 0 Å².